The summed E-state index contributed by atoms with van der Waals surface area (Å²) in [7, 11) is 0. The van der Waals surface area contributed by atoms with Crippen LogP contribution in [0, 0.1) is 0 Å². The predicted molar refractivity (Wildman–Crippen MR) is 97.8 cm³/mol. The Morgan fingerprint density at radius 2 is 1.88 bits per heavy atom. The summed E-state index contributed by atoms with van der Waals surface area (Å²) in [5, 5.41) is 3.99. The smallest absolute Gasteiger partial charge is 0.316 e. The van der Waals surface area contributed by atoms with Crippen LogP contribution in [-0.2, 0) is 24.8 Å². The second kappa shape index (κ2) is 8.62. The Morgan fingerprint density at radius 3 is 2.64 bits per heavy atom. The van der Waals surface area contributed by atoms with E-state index < -0.39 is 11.9 Å². The van der Waals surface area contributed by atoms with Gasteiger partial charge in [-0.1, -0.05) is 23.7 Å². The summed E-state index contributed by atoms with van der Waals surface area (Å²) in [5.41, 5.74) is 1.99. The highest BCUT2D eigenvalue weighted by atomic mass is 35.5. The summed E-state index contributed by atoms with van der Waals surface area (Å²) in [6, 6.07) is 7.90. The normalized spacial score (nSPS) is 14.4. The molecule has 2 heterocycles. The molecule has 1 aliphatic heterocycles. The number of halogens is 5. The zero-order valence-electron chi connectivity index (χ0n) is 13.2. The van der Waals surface area contributed by atoms with Crippen LogP contribution in [0.25, 0.3) is 0 Å². The molecule has 0 radical (unpaired) electrons. The third kappa shape index (κ3) is 5.03. The molecular formula is C17H17Cl2F3N2S. The maximum Gasteiger partial charge on any atom is 0.433 e. The summed E-state index contributed by atoms with van der Waals surface area (Å²) in [6.07, 6.45) is -2.62. The standard InChI is InChI=1S/C17H16ClF3N2S.ClH/c18-14-5-4-11-6-8-22-9-7-13(11)16(14)24-10-12-2-1-3-15(23-12)17(19,20)21;/h1-5,22H,6-10H2;1H. The number of thioether (sulfide) groups is 1. The zero-order valence-corrected chi connectivity index (χ0v) is 15.6. The average molecular weight is 409 g/mol. The summed E-state index contributed by atoms with van der Waals surface area (Å²) < 4.78 is 38.3. The highest BCUT2D eigenvalue weighted by Crippen LogP contribution is 2.36. The fraction of sp³-hybridized carbons (Fsp3) is 0.353. The van der Waals surface area contributed by atoms with Gasteiger partial charge in [-0.2, -0.15) is 13.2 Å². The van der Waals surface area contributed by atoms with Gasteiger partial charge in [0, 0.05) is 10.6 Å². The highest BCUT2D eigenvalue weighted by Gasteiger charge is 2.32. The van der Waals surface area contributed by atoms with Crippen LogP contribution in [0.15, 0.2) is 35.2 Å². The molecule has 2 nitrogen and oxygen atoms in total. The van der Waals surface area contributed by atoms with Gasteiger partial charge in [0.25, 0.3) is 0 Å². The number of pyridine rings is 1. The van der Waals surface area contributed by atoms with E-state index in [0.29, 0.717) is 16.5 Å². The van der Waals surface area contributed by atoms with Crippen molar-refractivity contribution >= 4 is 35.8 Å². The monoisotopic (exact) mass is 408 g/mol. The summed E-state index contributed by atoms with van der Waals surface area (Å²) in [5.74, 6) is 0.355. The molecular weight excluding hydrogens is 392 g/mol. The molecule has 0 unspecified atom stereocenters. The lowest BCUT2D eigenvalue weighted by Gasteiger charge is -2.14. The van der Waals surface area contributed by atoms with E-state index in [9.17, 15) is 13.2 Å². The molecule has 0 saturated heterocycles. The molecule has 0 bridgehead atoms. The van der Waals surface area contributed by atoms with Gasteiger partial charge in [-0.3, -0.25) is 0 Å². The maximum atomic E-state index is 12.8. The molecule has 1 aromatic carbocycles. The molecule has 0 fully saturated rings. The van der Waals surface area contributed by atoms with Gasteiger partial charge in [0.2, 0.25) is 0 Å². The summed E-state index contributed by atoms with van der Waals surface area (Å²) in [4.78, 5) is 4.67. The first-order chi connectivity index (χ1) is 11.4. The molecule has 3 rings (SSSR count). The van der Waals surface area contributed by atoms with Crippen molar-refractivity contribution in [2.45, 2.75) is 29.7 Å². The number of benzene rings is 1. The molecule has 0 amide bonds. The molecule has 8 heteroatoms. The van der Waals surface area contributed by atoms with Gasteiger partial charge in [0.15, 0.2) is 0 Å². The third-order valence-electron chi connectivity index (χ3n) is 3.89. The van der Waals surface area contributed by atoms with Gasteiger partial charge >= 0.3 is 6.18 Å². The number of fused-ring (bicyclic) bond motifs is 1. The van der Waals surface area contributed by atoms with Crippen molar-refractivity contribution < 1.29 is 13.2 Å². The van der Waals surface area contributed by atoms with Crippen LogP contribution in [0.2, 0.25) is 5.02 Å². The SMILES string of the molecule is Cl.FC(F)(F)c1cccc(CSc2c(Cl)ccc3c2CCNCC3)n1. The Hall–Kier alpha value is -0.950. The van der Waals surface area contributed by atoms with Gasteiger partial charge in [-0.25, -0.2) is 4.98 Å². The van der Waals surface area contributed by atoms with E-state index in [1.54, 1.807) is 6.07 Å². The van der Waals surface area contributed by atoms with Crippen LogP contribution in [0.5, 0.6) is 0 Å². The second-order valence-electron chi connectivity index (χ2n) is 5.56. The summed E-state index contributed by atoms with van der Waals surface area (Å²) >= 11 is 7.80. The second-order valence-corrected chi connectivity index (χ2v) is 6.96. The van der Waals surface area contributed by atoms with E-state index in [-0.39, 0.29) is 12.4 Å². The van der Waals surface area contributed by atoms with Crippen molar-refractivity contribution in [3.05, 3.63) is 57.9 Å². The Bertz CT molecular complexity index is 738. The lowest BCUT2D eigenvalue weighted by atomic mass is 10.0. The highest BCUT2D eigenvalue weighted by molar-refractivity contribution is 7.98. The Kier molecular flexibility index (Phi) is 7.02. The average Bonchev–Trinajstić information content (AvgIpc) is 2.79. The van der Waals surface area contributed by atoms with E-state index in [2.05, 4.69) is 10.3 Å². The van der Waals surface area contributed by atoms with Crippen molar-refractivity contribution in [1.82, 2.24) is 10.3 Å². The number of rotatable bonds is 3. The maximum absolute atomic E-state index is 12.8. The van der Waals surface area contributed by atoms with Crippen molar-refractivity contribution in [2.24, 2.45) is 0 Å². The van der Waals surface area contributed by atoms with Crippen LogP contribution < -0.4 is 5.32 Å². The minimum atomic E-state index is -4.42. The quantitative estimate of drug-likeness (QED) is 0.710. The van der Waals surface area contributed by atoms with Gasteiger partial charge in [-0.05, 0) is 55.3 Å². The van der Waals surface area contributed by atoms with E-state index in [1.165, 1.54) is 29.0 Å². The fourth-order valence-corrected chi connectivity index (χ4v) is 4.14. The molecule has 0 saturated carbocycles. The van der Waals surface area contributed by atoms with E-state index in [4.69, 9.17) is 11.6 Å². The Balaban J connectivity index is 0.00000225. The molecule has 2 aromatic rings. The first kappa shape index (κ1) is 20.4. The molecule has 0 spiro atoms. The van der Waals surface area contributed by atoms with Gasteiger partial charge in [0.1, 0.15) is 5.69 Å². The van der Waals surface area contributed by atoms with E-state index in [1.807, 2.05) is 12.1 Å². The van der Waals surface area contributed by atoms with Crippen LogP contribution in [0.3, 0.4) is 0 Å². The zero-order chi connectivity index (χ0) is 17.2. The lowest BCUT2D eigenvalue weighted by molar-refractivity contribution is -0.141. The van der Waals surface area contributed by atoms with E-state index >= 15 is 0 Å². The molecule has 0 aliphatic carbocycles. The fourth-order valence-electron chi connectivity index (χ4n) is 2.73. The number of nitrogens with one attached hydrogen (secondary N) is 1. The van der Waals surface area contributed by atoms with Gasteiger partial charge < -0.3 is 5.32 Å². The predicted octanol–water partition coefficient (Wildman–Crippen LogP) is 5.16. The lowest BCUT2D eigenvalue weighted by Crippen LogP contribution is -2.16. The first-order valence-corrected chi connectivity index (χ1v) is 8.98. The third-order valence-corrected chi connectivity index (χ3v) is 5.52. The van der Waals surface area contributed by atoms with Crippen LogP contribution >= 0.6 is 35.8 Å². The molecule has 25 heavy (non-hydrogen) atoms. The minimum Gasteiger partial charge on any atom is -0.316 e. The molecule has 0 atom stereocenters. The number of hydrogen-bond donors (Lipinski definition) is 1. The largest absolute Gasteiger partial charge is 0.433 e. The van der Waals surface area contributed by atoms with Crippen LogP contribution in [-0.4, -0.2) is 18.1 Å². The number of aromatic nitrogens is 1. The van der Waals surface area contributed by atoms with Crippen LogP contribution in [0.4, 0.5) is 13.2 Å². The van der Waals surface area contributed by atoms with Gasteiger partial charge in [0.05, 0.1) is 10.7 Å². The first-order valence-electron chi connectivity index (χ1n) is 7.62. The molecule has 136 valence electrons. The Labute approximate surface area is 160 Å². The number of hydrogen-bond acceptors (Lipinski definition) is 3. The minimum absolute atomic E-state index is 0. The Morgan fingerprint density at radius 1 is 1.12 bits per heavy atom. The van der Waals surface area contributed by atoms with Gasteiger partial charge in [-0.15, -0.1) is 24.2 Å². The van der Waals surface area contributed by atoms with Crippen molar-refractivity contribution in [2.75, 3.05) is 13.1 Å². The summed E-state index contributed by atoms with van der Waals surface area (Å²) in [6.45, 7) is 1.80. The molecule has 1 N–H and O–H groups in total. The topological polar surface area (TPSA) is 24.9 Å². The number of alkyl halides is 3. The molecule has 1 aliphatic rings. The van der Waals surface area contributed by atoms with E-state index in [0.717, 1.165) is 36.9 Å². The molecule has 1 aromatic heterocycles. The number of nitrogens with zero attached hydrogens (tertiary/aromatic N) is 1. The van der Waals surface area contributed by atoms with Crippen molar-refractivity contribution in [3.8, 4) is 0 Å². The van der Waals surface area contributed by atoms with Crippen LogP contribution in [0.1, 0.15) is 22.5 Å². The van der Waals surface area contributed by atoms with Crippen molar-refractivity contribution in [1.29, 1.82) is 0 Å². The van der Waals surface area contributed by atoms with Crippen molar-refractivity contribution in [3.63, 3.8) is 0 Å².